The maximum absolute atomic E-state index is 12.7. The molecule has 4 heterocycles. The second-order valence-corrected chi connectivity index (χ2v) is 7.92. The Morgan fingerprint density at radius 3 is 2.90 bits per heavy atom. The molecule has 4 rings (SSSR count). The summed E-state index contributed by atoms with van der Waals surface area (Å²) in [6.45, 7) is 6.46. The zero-order valence-electron chi connectivity index (χ0n) is 16.9. The number of rotatable bonds is 6. The molecule has 162 valence electrons. The molecule has 0 saturated carbocycles. The summed E-state index contributed by atoms with van der Waals surface area (Å²) in [7, 11) is 1.36. The third-order valence-corrected chi connectivity index (χ3v) is 5.78. The Balaban J connectivity index is 1.58. The summed E-state index contributed by atoms with van der Waals surface area (Å²) in [4.78, 5) is 27.0. The minimum atomic E-state index is -0.776. The zero-order chi connectivity index (χ0) is 22.1. The van der Waals surface area contributed by atoms with Gasteiger partial charge in [-0.15, -0.1) is 10.2 Å². The van der Waals surface area contributed by atoms with E-state index in [4.69, 9.17) is 9.15 Å². The second-order valence-electron chi connectivity index (χ2n) is 6.97. The van der Waals surface area contributed by atoms with E-state index in [1.807, 2.05) is 17.9 Å². The number of nitrogens with one attached hydrogen (secondary N) is 1. The van der Waals surface area contributed by atoms with E-state index in [-0.39, 0.29) is 28.3 Å². The van der Waals surface area contributed by atoms with E-state index in [9.17, 15) is 14.7 Å². The van der Waals surface area contributed by atoms with Crippen LogP contribution in [0, 0.1) is 12.8 Å². The smallest absolute Gasteiger partial charge is 0.381 e. The fourth-order valence-electron chi connectivity index (χ4n) is 3.34. The van der Waals surface area contributed by atoms with Gasteiger partial charge in [0.15, 0.2) is 5.76 Å². The van der Waals surface area contributed by atoms with Crippen molar-refractivity contribution in [3.05, 3.63) is 52.5 Å². The molecule has 11 nitrogen and oxygen atoms in total. The highest BCUT2D eigenvalue weighted by Gasteiger charge is 2.29. The average Bonchev–Trinajstić information content (AvgIpc) is 3.47. The molecule has 31 heavy (non-hydrogen) atoms. The topological polar surface area (TPSA) is 136 Å². The van der Waals surface area contributed by atoms with Crippen molar-refractivity contribution in [1.82, 2.24) is 20.0 Å². The number of amides is 1. The molecule has 1 unspecified atom stereocenters. The van der Waals surface area contributed by atoms with E-state index in [0.29, 0.717) is 30.3 Å². The summed E-state index contributed by atoms with van der Waals surface area (Å²) in [5, 5.41) is 25.1. The quantitative estimate of drug-likeness (QED) is 0.548. The van der Waals surface area contributed by atoms with Gasteiger partial charge in [-0.05, 0) is 19.4 Å². The Labute approximate surface area is 180 Å². The lowest BCUT2D eigenvalue weighted by Crippen LogP contribution is -2.24. The number of aryl methyl sites for hydroxylation is 1. The van der Waals surface area contributed by atoms with Gasteiger partial charge >= 0.3 is 5.63 Å². The first kappa shape index (κ1) is 20.6. The van der Waals surface area contributed by atoms with E-state index in [1.54, 1.807) is 10.9 Å². The maximum atomic E-state index is 12.7. The first-order chi connectivity index (χ1) is 14.9. The van der Waals surface area contributed by atoms with Crippen LogP contribution in [0.15, 0.2) is 39.9 Å². The van der Waals surface area contributed by atoms with Crippen LogP contribution in [0.4, 0.5) is 10.8 Å². The summed E-state index contributed by atoms with van der Waals surface area (Å²) < 4.78 is 12.0. The maximum Gasteiger partial charge on any atom is 0.381 e. The number of carbonyl (C=O) groups is 1. The number of aliphatic hydroxyl groups excluding tert-OH is 1. The lowest BCUT2D eigenvalue weighted by atomic mass is 10.1. The molecule has 1 saturated heterocycles. The molecular weight excluding hydrogens is 424 g/mol. The third-order valence-electron chi connectivity index (χ3n) is 4.96. The van der Waals surface area contributed by atoms with Gasteiger partial charge in [-0.3, -0.25) is 10.1 Å². The van der Waals surface area contributed by atoms with Crippen LogP contribution in [0.5, 0.6) is 5.75 Å². The van der Waals surface area contributed by atoms with Crippen LogP contribution in [-0.2, 0) is 0 Å². The first-order valence-electron chi connectivity index (χ1n) is 9.38. The molecule has 1 aliphatic rings. The highest BCUT2D eigenvalue weighted by Crippen LogP contribution is 2.32. The predicted octanol–water partition coefficient (Wildman–Crippen LogP) is 2.14. The van der Waals surface area contributed by atoms with Gasteiger partial charge in [0, 0.05) is 37.0 Å². The number of ether oxygens (including phenoxy) is 1. The molecule has 12 heteroatoms. The van der Waals surface area contributed by atoms with Crippen molar-refractivity contribution in [2.75, 3.05) is 30.4 Å². The normalized spacial score (nSPS) is 15.8. The summed E-state index contributed by atoms with van der Waals surface area (Å²) in [6.07, 6.45) is 2.30. The fraction of sp³-hybridized carbons (Fsp3) is 0.316. The van der Waals surface area contributed by atoms with Crippen molar-refractivity contribution in [1.29, 1.82) is 0 Å². The standard InChI is InChI=1S/C19H20N6O5S/c1-10-4-6-20-25(10)19-23-22-18(31-19)21-16(27)14-8-13(15(29-3)17(28)30-14)24-7-5-12(9-24)11(2)26/h4,6,8,12,26H,2,5,7,9H2,1,3H3,(H,21,22,27). The molecule has 0 spiro atoms. The highest BCUT2D eigenvalue weighted by atomic mass is 32.1. The summed E-state index contributed by atoms with van der Waals surface area (Å²) in [6, 6.07) is 3.26. The van der Waals surface area contributed by atoms with Gasteiger partial charge in [0.25, 0.3) is 5.91 Å². The van der Waals surface area contributed by atoms with Crippen molar-refractivity contribution < 1.29 is 19.1 Å². The van der Waals surface area contributed by atoms with Gasteiger partial charge in [-0.1, -0.05) is 17.9 Å². The van der Waals surface area contributed by atoms with Gasteiger partial charge in [-0.25, -0.2) is 9.48 Å². The van der Waals surface area contributed by atoms with Gasteiger partial charge in [0.05, 0.1) is 18.6 Å². The number of hydrogen-bond donors (Lipinski definition) is 2. The van der Waals surface area contributed by atoms with E-state index in [1.165, 1.54) is 13.2 Å². The van der Waals surface area contributed by atoms with E-state index in [2.05, 4.69) is 27.2 Å². The van der Waals surface area contributed by atoms with Crippen LogP contribution in [0.2, 0.25) is 0 Å². The summed E-state index contributed by atoms with van der Waals surface area (Å²) in [5.74, 6) is -0.892. The molecular formula is C19H20N6O5S. The Kier molecular flexibility index (Phi) is 5.46. The van der Waals surface area contributed by atoms with Crippen molar-refractivity contribution in [3.63, 3.8) is 0 Å². The van der Waals surface area contributed by atoms with E-state index in [0.717, 1.165) is 17.0 Å². The summed E-state index contributed by atoms with van der Waals surface area (Å²) >= 11 is 1.13. The van der Waals surface area contributed by atoms with Gasteiger partial charge < -0.3 is 19.2 Å². The SMILES string of the molecule is C=C(O)C1CCN(c2cc(C(=O)Nc3nnc(-n4nccc4C)s3)oc(=O)c2OC)C1. The van der Waals surface area contributed by atoms with Crippen LogP contribution >= 0.6 is 11.3 Å². The highest BCUT2D eigenvalue weighted by molar-refractivity contribution is 7.17. The predicted molar refractivity (Wildman–Crippen MR) is 113 cm³/mol. The molecule has 1 atom stereocenters. The van der Waals surface area contributed by atoms with Crippen LogP contribution in [0.25, 0.3) is 5.13 Å². The minimum absolute atomic E-state index is 0.00638. The number of anilines is 2. The zero-order valence-corrected chi connectivity index (χ0v) is 17.7. The number of aliphatic hydroxyl groups is 1. The Bertz CT molecular complexity index is 1200. The minimum Gasteiger partial charge on any atom is -0.513 e. The van der Waals surface area contributed by atoms with Gasteiger partial charge in [0.1, 0.15) is 0 Å². The molecule has 3 aromatic heterocycles. The molecule has 1 fully saturated rings. The van der Waals surface area contributed by atoms with Crippen LogP contribution in [0.3, 0.4) is 0 Å². The van der Waals surface area contributed by atoms with E-state index >= 15 is 0 Å². The number of carbonyl (C=O) groups excluding carboxylic acids is 1. The molecule has 2 N–H and O–H groups in total. The molecule has 1 aliphatic heterocycles. The molecule has 0 bridgehead atoms. The summed E-state index contributed by atoms with van der Waals surface area (Å²) in [5.41, 5.74) is 0.508. The average molecular weight is 444 g/mol. The molecule has 3 aromatic rings. The Morgan fingerprint density at radius 2 is 2.26 bits per heavy atom. The lowest BCUT2D eigenvalue weighted by molar-refractivity contribution is 0.0991. The monoisotopic (exact) mass is 444 g/mol. The number of nitrogens with zero attached hydrogens (tertiary/aromatic N) is 5. The van der Waals surface area contributed by atoms with Gasteiger partial charge in [-0.2, -0.15) is 5.10 Å². The number of hydrogen-bond acceptors (Lipinski definition) is 10. The van der Waals surface area contributed by atoms with Crippen LogP contribution in [-0.4, -0.2) is 51.2 Å². The molecule has 0 radical (unpaired) electrons. The van der Waals surface area contributed by atoms with Gasteiger partial charge in [0.2, 0.25) is 16.0 Å². The molecule has 0 aliphatic carbocycles. The fourth-order valence-corrected chi connectivity index (χ4v) is 4.09. The Morgan fingerprint density at radius 1 is 1.45 bits per heavy atom. The van der Waals surface area contributed by atoms with Crippen molar-refractivity contribution in [2.45, 2.75) is 13.3 Å². The van der Waals surface area contributed by atoms with Crippen LogP contribution < -0.4 is 20.6 Å². The second kappa shape index (κ2) is 8.22. The largest absolute Gasteiger partial charge is 0.513 e. The van der Waals surface area contributed by atoms with Crippen LogP contribution in [0.1, 0.15) is 22.7 Å². The van der Waals surface area contributed by atoms with E-state index < -0.39 is 11.5 Å². The third kappa shape index (κ3) is 4.01. The van der Waals surface area contributed by atoms with Crippen molar-refractivity contribution >= 4 is 28.1 Å². The molecule has 1 amide bonds. The number of aromatic nitrogens is 4. The molecule has 0 aromatic carbocycles. The van der Waals surface area contributed by atoms with Crippen molar-refractivity contribution in [3.8, 4) is 10.9 Å². The lowest BCUT2D eigenvalue weighted by Gasteiger charge is -2.20. The number of methoxy groups -OCH3 is 1. The van der Waals surface area contributed by atoms with Crippen molar-refractivity contribution in [2.24, 2.45) is 5.92 Å². The Hall–Kier alpha value is -3.67. The first-order valence-corrected chi connectivity index (χ1v) is 10.2.